The first-order valence-electron chi connectivity index (χ1n) is 7.43. The summed E-state index contributed by atoms with van der Waals surface area (Å²) in [7, 11) is 1.62. The van der Waals surface area contributed by atoms with Gasteiger partial charge in [0.05, 0.1) is 13.2 Å². The molecule has 0 bridgehead atoms. The summed E-state index contributed by atoms with van der Waals surface area (Å²) in [6.07, 6.45) is -0.347. The van der Waals surface area contributed by atoms with Crippen molar-refractivity contribution in [2.45, 2.75) is 26.0 Å². The molecule has 0 saturated carbocycles. The van der Waals surface area contributed by atoms with Crippen LogP contribution >= 0.6 is 0 Å². The van der Waals surface area contributed by atoms with Crippen LogP contribution in [0.25, 0.3) is 0 Å². The molecule has 0 radical (unpaired) electrons. The SMILES string of the molecule is CCOC(=O)CC1(C(=O)OCC)N=C(c2ccccc2)N(C)O1. The van der Waals surface area contributed by atoms with Gasteiger partial charge < -0.3 is 9.47 Å². The summed E-state index contributed by atoms with van der Waals surface area (Å²) in [6, 6.07) is 9.24. The van der Waals surface area contributed by atoms with Crippen LogP contribution in [0.3, 0.4) is 0 Å². The average molecular weight is 320 g/mol. The molecule has 1 atom stereocenters. The Morgan fingerprint density at radius 1 is 1.17 bits per heavy atom. The summed E-state index contributed by atoms with van der Waals surface area (Å²) in [6.45, 7) is 3.74. The molecular weight excluding hydrogens is 300 g/mol. The third kappa shape index (κ3) is 3.68. The summed E-state index contributed by atoms with van der Waals surface area (Å²) in [5, 5.41) is 1.37. The summed E-state index contributed by atoms with van der Waals surface area (Å²) in [5.74, 6) is -0.846. The van der Waals surface area contributed by atoms with E-state index >= 15 is 0 Å². The Morgan fingerprint density at radius 3 is 2.43 bits per heavy atom. The van der Waals surface area contributed by atoms with Gasteiger partial charge in [0, 0.05) is 12.6 Å². The van der Waals surface area contributed by atoms with Crippen LogP contribution in [0.1, 0.15) is 25.8 Å². The third-order valence-electron chi connectivity index (χ3n) is 3.19. The van der Waals surface area contributed by atoms with E-state index in [0.29, 0.717) is 5.84 Å². The molecular formula is C16H20N2O5. The molecule has 0 N–H and O–H groups in total. The van der Waals surface area contributed by atoms with Gasteiger partial charge in [0.15, 0.2) is 5.84 Å². The molecule has 1 unspecified atom stereocenters. The number of hydrogen-bond acceptors (Lipinski definition) is 7. The number of carbonyl (C=O) groups is 2. The Kier molecular flexibility index (Phi) is 5.33. The van der Waals surface area contributed by atoms with Crippen molar-refractivity contribution >= 4 is 17.8 Å². The number of hydrogen-bond donors (Lipinski definition) is 0. The van der Waals surface area contributed by atoms with E-state index in [2.05, 4.69) is 4.99 Å². The van der Waals surface area contributed by atoms with E-state index in [-0.39, 0.29) is 19.6 Å². The summed E-state index contributed by atoms with van der Waals surface area (Å²) in [4.78, 5) is 34.2. The highest BCUT2D eigenvalue weighted by Gasteiger charge is 2.50. The van der Waals surface area contributed by atoms with Gasteiger partial charge in [-0.15, -0.1) is 0 Å². The fraction of sp³-hybridized carbons (Fsp3) is 0.438. The highest BCUT2D eigenvalue weighted by atomic mass is 16.7. The molecule has 1 aromatic carbocycles. The largest absolute Gasteiger partial charge is 0.466 e. The smallest absolute Gasteiger partial charge is 0.364 e. The fourth-order valence-electron chi connectivity index (χ4n) is 2.24. The van der Waals surface area contributed by atoms with Gasteiger partial charge >= 0.3 is 11.9 Å². The van der Waals surface area contributed by atoms with E-state index in [1.54, 1.807) is 20.9 Å². The maximum atomic E-state index is 12.3. The second kappa shape index (κ2) is 7.23. The van der Waals surface area contributed by atoms with E-state index in [4.69, 9.17) is 14.3 Å². The highest BCUT2D eigenvalue weighted by Crippen LogP contribution is 2.30. The van der Waals surface area contributed by atoms with Gasteiger partial charge in [-0.3, -0.25) is 4.79 Å². The maximum Gasteiger partial charge on any atom is 0.364 e. The van der Waals surface area contributed by atoms with Crippen LogP contribution in [0.4, 0.5) is 0 Å². The topological polar surface area (TPSA) is 77.4 Å². The molecule has 7 nitrogen and oxygen atoms in total. The van der Waals surface area contributed by atoms with Crippen LogP contribution in [0, 0.1) is 0 Å². The van der Waals surface area contributed by atoms with Gasteiger partial charge in [-0.05, 0) is 13.8 Å². The number of nitrogens with zero attached hydrogens (tertiary/aromatic N) is 2. The minimum atomic E-state index is -1.75. The van der Waals surface area contributed by atoms with Crippen molar-refractivity contribution in [3.63, 3.8) is 0 Å². The summed E-state index contributed by atoms with van der Waals surface area (Å²) < 4.78 is 9.95. The van der Waals surface area contributed by atoms with Gasteiger partial charge in [-0.1, -0.05) is 30.3 Å². The lowest BCUT2D eigenvalue weighted by molar-refractivity contribution is -0.207. The van der Waals surface area contributed by atoms with Gasteiger partial charge in [0.1, 0.15) is 6.42 Å². The molecule has 0 amide bonds. The molecule has 0 fully saturated rings. The molecule has 7 heteroatoms. The predicted octanol–water partition coefficient (Wildman–Crippen LogP) is 1.52. The lowest BCUT2D eigenvalue weighted by Crippen LogP contribution is -2.43. The molecule has 1 heterocycles. The van der Waals surface area contributed by atoms with Gasteiger partial charge in [0.2, 0.25) is 0 Å². The molecule has 1 aromatic rings. The average Bonchev–Trinajstić information content (AvgIpc) is 2.86. The van der Waals surface area contributed by atoms with Crippen LogP contribution in [0.15, 0.2) is 35.3 Å². The Bertz CT molecular complexity index is 602. The Balaban J connectivity index is 2.36. The van der Waals surface area contributed by atoms with Crippen molar-refractivity contribution in [2.24, 2.45) is 4.99 Å². The zero-order valence-corrected chi connectivity index (χ0v) is 13.4. The number of ether oxygens (including phenoxy) is 2. The number of carbonyl (C=O) groups excluding carboxylic acids is 2. The lowest BCUT2D eigenvalue weighted by Gasteiger charge is -2.23. The van der Waals surface area contributed by atoms with Gasteiger partial charge in [-0.25, -0.2) is 19.7 Å². The van der Waals surface area contributed by atoms with Crippen molar-refractivity contribution in [3.05, 3.63) is 35.9 Å². The van der Waals surface area contributed by atoms with Crippen LogP contribution in [-0.4, -0.2) is 48.8 Å². The normalized spacial score (nSPS) is 20.1. The summed E-state index contributed by atoms with van der Waals surface area (Å²) in [5.41, 5.74) is -0.979. The maximum absolute atomic E-state index is 12.3. The van der Waals surface area contributed by atoms with Crippen LogP contribution < -0.4 is 0 Å². The Hall–Kier alpha value is -2.41. The highest BCUT2D eigenvalue weighted by molar-refractivity contribution is 6.02. The van der Waals surface area contributed by atoms with E-state index in [9.17, 15) is 9.59 Å². The molecule has 1 aliphatic heterocycles. The molecule has 1 aliphatic rings. The minimum Gasteiger partial charge on any atom is -0.466 e. The van der Waals surface area contributed by atoms with Crippen molar-refractivity contribution in [3.8, 4) is 0 Å². The Morgan fingerprint density at radius 2 is 1.83 bits per heavy atom. The van der Waals surface area contributed by atoms with E-state index in [1.165, 1.54) is 5.06 Å². The van der Waals surface area contributed by atoms with Crippen molar-refractivity contribution < 1.29 is 23.9 Å². The van der Waals surface area contributed by atoms with Crippen LogP contribution in [0.2, 0.25) is 0 Å². The second-order valence-corrected chi connectivity index (χ2v) is 4.88. The number of esters is 2. The van der Waals surface area contributed by atoms with Crippen molar-refractivity contribution in [2.75, 3.05) is 20.3 Å². The summed E-state index contributed by atoms with van der Waals surface area (Å²) >= 11 is 0. The van der Waals surface area contributed by atoms with E-state index in [0.717, 1.165) is 5.56 Å². The second-order valence-electron chi connectivity index (χ2n) is 4.88. The number of hydroxylamine groups is 2. The standard InChI is InChI=1S/C16H20N2O5/c1-4-21-13(19)11-16(15(20)22-5-2)17-14(18(3)23-16)12-9-7-6-8-10-12/h6-10H,4-5,11H2,1-3H3. The number of benzene rings is 1. The van der Waals surface area contributed by atoms with Crippen LogP contribution in [0.5, 0.6) is 0 Å². The number of rotatable bonds is 6. The van der Waals surface area contributed by atoms with E-state index in [1.807, 2.05) is 30.3 Å². The Labute approximate surface area is 134 Å². The van der Waals surface area contributed by atoms with Crippen molar-refractivity contribution in [1.82, 2.24) is 5.06 Å². The first kappa shape index (κ1) is 17.0. The first-order valence-corrected chi connectivity index (χ1v) is 7.43. The molecule has 0 spiro atoms. The number of aliphatic imine (C=N–C) groups is 1. The molecule has 124 valence electrons. The third-order valence-corrected chi connectivity index (χ3v) is 3.19. The first-order chi connectivity index (χ1) is 11.0. The molecule has 0 aromatic heterocycles. The van der Waals surface area contributed by atoms with E-state index < -0.39 is 17.7 Å². The van der Waals surface area contributed by atoms with Crippen LogP contribution in [-0.2, 0) is 23.9 Å². The molecule has 23 heavy (non-hydrogen) atoms. The van der Waals surface area contributed by atoms with Gasteiger partial charge in [0.25, 0.3) is 5.72 Å². The predicted molar refractivity (Wildman–Crippen MR) is 82.4 cm³/mol. The zero-order chi connectivity index (χ0) is 16.9. The lowest BCUT2D eigenvalue weighted by atomic mass is 10.1. The molecule has 2 rings (SSSR count). The fourth-order valence-corrected chi connectivity index (χ4v) is 2.24. The quantitative estimate of drug-likeness (QED) is 0.740. The monoisotopic (exact) mass is 320 g/mol. The molecule has 0 saturated heterocycles. The number of amidine groups is 1. The van der Waals surface area contributed by atoms with Gasteiger partial charge in [-0.2, -0.15) is 0 Å². The minimum absolute atomic E-state index is 0.159. The zero-order valence-electron chi connectivity index (χ0n) is 13.4. The molecule has 0 aliphatic carbocycles. The van der Waals surface area contributed by atoms with Crippen molar-refractivity contribution in [1.29, 1.82) is 0 Å².